The predicted molar refractivity (Wildman–Crippen MR) is 81.5 cm³/mol. The Morgan fingerprint density at radius 2 is 2.14 bits per heavy atom. The number of aromatic nitrogens is 4. The van der Waals surface area contributed by atoms with Gasteiger partial charge in [-0.25, -0.2) is 4.79 Å². The molecule has 7 nitrogen and oxygen atoms in total. The molecule has 1 heterocycles. The van der Waals surface area contributed by atoms with E-state index < -0.39 is 12.0 Å². The van der Waals surface area contributed by atoms with Crippen LogP contribution in [0, 0.1) is 0 Å². The Balaban J connectivity index is 2.28. The molecule has 0 amide bonds. The van der Waals surface area contributed by atoms with Gasteiger partial charge in [0.25, 0.3) is 0 Å². The van der Waals surface area contributed by atoms with Gasteiger partial charge >= 0.3 is 5.97 Å². The van der Waals surface area contributed by atoms with Crippen molar-refractivity contribution in [3.8, 4) is 0 Å². The van der Waals surface area contributed by atoms with Gasteiger partial charge in [0.2, 0.25) is 0 Å². The Hall–Kier alpha value is -1.70. The monoisotopic (exact) mass is 343 g/mol. The molecule has 0 saturated heterocycles. The van der Waals surface area contributed by atoms with Crippen LogP contribution in [0.4, 0.5) is 0 Å². The average Bonchev–Trinajstić information content (AvgIpc) is 2.88. The van der Waals surface area contributed by atoms with Crippen LogP contribution in [-0.4, -0.2) is 45.2 Å². The van der Waals surface area contributed by atoms with Crippen LogP contribution in [0.5, 0.6) is 0 Å². The number of benzene rings is 1. The molecular formula is C13H15Cl2N5O2. The Kier molecular flexibility index (Phi) is 5.33. The topological polar surface area (TPSA) is 73.1 Å². The standard InChI is InChI=1S/C13H15Cl2N5O2/c1-19(7-11-16-18-20(2)17-11)12(13(21)22-3)8-4-5-9(14)10(15)6-8/h4-6,12H,7H2,1-3H3/t12-/m0/s1. The molecule has 1 aromatic carbocycles. The lowest BCUT2D eigenvalue weighted by Crippen LogP contribution is -2.32. The number of rotatable bonds is 5. The SMILES string of the molecule is COC(=O)[C@H](c1ccc(Cl)c(Cl)c1)N(C)Cc1nnn(C)n1. The molecule has 9 heteroatoms. The first kappa shape index (κ1) is 16.7. The maximum atomic E-state index is 12.1. The van der Waals surface area contributed by atoms with Crippen LogP contribution in [0.2, 0.25) is 10.0 Å². The Bertz CT molecular complexity index is 676. The number of ether oxygens (including phenoxy) is 1. The Labute approximate surface area is 137 Å². The van der Waals surface area contributed by atoms with Crippen molar-refractivity contribution in [1.29, 1.82) is 0 Å². The fourth-order valence-electron chi connectivity index (χ4n) is 2.07. The zero-order chi connectivity index (χ0) is 16.3. The lowest BCUT2D eigenvalue weighted by Gasteiger charge is -2.25. The Morgan fingerprint density at radius 1 is 1.41 bits per heavy atom. The number of hydrogen-bond acceptors (Lipinski definition) is 6. The van der Waals surface area contributed by atoms with Crippen molar-refractivity contribution in [3.63, 3.8) is 0 Å². The van der Waals surface area contributed by atoms with E-state index in [2.05, 4.69) is 15.4 Å². The van der Waals surface area contributed by atoms with E-state index in [-0.39, 0.29) is 0 Å². The van der Waals surface area contributed by atoms with E-state index in [0.717, 1.165) is 0 Å². The molecule has 0 bridgehead atoms. The minimum Gasteiger partial charge on any atom is -0.468 e. The molecule has 2 aromatic rings. The molecule has 1 atom stereocenters. The molecule has 22 heavy (non-hydrogen) atoms. The molecule has 0 spiro atoms. The fourth-order valence-corrected chi connectivity index (χ4v) is 2.37. The molecule has 0 N–H and O–H groups in total. The van der Waals surface area contributed by atoms with Gasteiger partial charge in [-0.3, -0.25) is 4.90 Å². The second-order valence-corrected chi connectivity index (χ2v) is 5.52. The molecule has 0 radical (unpaired) electrons. The van der Waals surface area contributed by atoms with E-state index in [9.17, 15) is 4.79 Å². The predicted octanol–water partition coefficient (Wildman–Crippen LogP) is 1.86. The maximum Gasteiger partial charge on any atom is 0.327 e. The van der Waals surface area contributed by atoms with Gasteiger partial charge in [0.15, 0.2) is 5.82 Å². The van der Waals surface area contributed by atoms with Crippen molar-refractivity contribution in [3.05, 3.63) is 39.6 Å². The molecule has 118 valence electrons. The minimum absolute atomic E-state index is 0.327. The molecule has 1 aromatic heterocycles. The van der Waals surface area contributed by atoms with Crippen molar-refractivity contribution in [2.24, 2.45) is 7.05 Å². The normalized spacial score (nSPS) is 12.5. The van der Waals surface area contributed by atoms with Crippen LogP contribution >= 0.6 is 23.2 Å². The Morgan fingerprint density at radius 3 is 2.68 bits per heavy atom. The van der Waals surface area contributed by atoms with Gasteiger partial charge in [0.05, 0.1) is 30.7 Å². The van der Waals surface area contributed by atoms with Gasteiger partial charge in [-0.15, -0.1) is 10.2 Å². The van der Waals surface area contributed by atoms with Gasteiger partial charge < -0.3 is 4.74 Å². The number of carbonyl (C=O) groups excluding carboxylic acids is 1. The summed E-state index contributed by atoms with van der Waals surface area (Å²) in [5, 5.41) is 12.6. The maximum absolute atomic E-state index is 12.1. The molecule has 0 fully saturated rings. The molecule has 0 aliphatic rings. The van der Waals surface area contributed by atoms with E-state index in [1.165, 1.54) is 11.9 Å². The second kappa shape index (κ2) is 7.04. The number of halogens is 2. The summed E-state index contributed by atoms with van der Waals surface area (Å²) < 4.78 is 4.88. The van der Waals surface area contributed by atoms with Gasteiger partial charge in [-0.2, -0.15) is 4.80 Å². The highest BCUT2D eigenvalue weighted by Crippen LogP contribution is 2.29. The van der Waals surface area contributed by atoms with Crippen LogP contribution < -0.4 is 0 Å². The highest BCUT2D eigenvalue weighted by molar-refractivity contribution is 6.42. The van der Waals surface area contributed by atoms with Crippen LogP contribution in [-0.2, 0) is 23.1 Å². The summed E-state index contributed by atoms with van der Waals surface area (Å²) in [5.74, 6) is 0.0868. The second-order valence-electron chi connectivity index (χ2n) is 4.71. The third-order valence-corrected chi connectivity index (χ3v) is 3.80. The van der Waals surface area contributed by atoms with E-state index in [0.29, 0.717) is 28.0 Å². The lowest BCUT2D eigenvalue weighted by molar-refractivity contribution is -0.147. The van der Waals surface area contributed by atoms with Crippen LogP contribution in [0.1, 0.15) is 17.4 Å². The zero-order valence-corrected chi connectivity index (χ0v) is 13.8. The zero-order valence-electron chi connectivity index (χ0n) is 12.3. The van der Waals surface area contributed by atoms with Gasteiger partial charge in [-0.05, 0) is 30.0 Å². The summed E-state index contributed by atoms with van der Waals surface area (Å²) in [6.07, 6.45) is 0. The van der Waals surface area contributed by atoms with E-state index in [1.54, 1.807) is 37.2 Å². The number of nitrogens with zero attached hydrogens (tertiary/aromatic N) is 5. The molecule has 0 aliphatic carbocycles. The summed E-state index contributed by atoms with van der Waals surface area (Å²) in [6, 6.07) is 4.37. The number of hydrogen-bond donors (Lipinski definition) is 0. The van der Waals surface area contributed by atoms with Gasteiger partial charge in [0.1, 0.15) is 6.04 Å². The van der Waals surface area contributed by atoms with E-state index in [4.69, 9.17) is 27.9 Å². The fraction of sp³-hybridized carbons (Fsp3) is 0.385. The highest BCUT2D eigenvalue weighted by Gasteiger charge is 2.27. The average molecular weight is 344 g/mol. The number of methoxy groups -OCH3 is 1. The number of likely N-dealkylation sites (N-methyl/N-ethyl adjacent to an activating group) is 1. The molecule has 2 rings (SSSR count). The molecule has 0 saturated carbocycles. The molecule has 0 aliphatic heterocycles. The summed E-state index contributed by atoms with van der Waals surface area (Å²) in [5.41, 5.74) is 0.674. The van der Waals surface area contributed by atoms with Crippen molar-refractivity contribution < 1.29 is 9.53 Å². The minimum atomic E-state index is -0.649. The number of carbonyl (C=O) groups is 1. The van der Waals surface area contributed by atoms with Crippen LogP contribution in [0.25, 0.3) is 0 Å². The summed E-state index contributed by atoms with van der Waals surface area (Å²) in [7, 11) is 4.77. The van der Waals surface area contributed by atoms with Crippen molar-refractivity contribution in [2.45, 2.75) is 12.6 Å². The largest absolute Gasteiger partial charge is 0.468 e. The summed E-state index contributed by atoms with van der Waals surface area (Å²) in [6.45, 7) is 0.327. The first-order chi connectivity index (χ1) is 10.4. The molecular weight excluding hydrogens is 329 g/mol. The van der Waals surface area contributed by atoms with Crippen molar-refractivity contribution >= 4 is 29.2 Å². The van der Waals surface area contributed by atoms with Crippen LogP contribution in [0.15, 0.2) is 18.2 Å². The number of aryl methyl sites for hydroxylation is 1. The summed E-state index contributed by atoms with van der Waals surface area (Å²) >= 11 is 12.0. The number of tetrazole rings is 1. The van der Waals surface area contributed by atoms with Gasteiger partial charge in [0, 0.05) is 0 Å². The quantitative estimate of drug-likeness (QED) is 0.771. The molecule has 0 unspecified atom stereocenters. The first-order valence-corrected chi connectivity index (χ1v) is 7.14. The van der Waals surface area contributed by atoms with E-state index >= 15 is 0 Å². The third-order valence-electron chi connectivity index (χ3n) is 3.07. The van der Waals surface area contributed by atoms with Crippen molar-refractivity contribution in [1.82, 2.24) is 25.1 Å². The highest BCUT2D eigenvalue weighted by atomic mass is 35.5. The smallest absolute Gasteiger partial charge is 0.327 e. The third kappa shape index (κ3) is 3.73. The van der Waals surface area contributed by atoms with Crippen LogP contribution in [0.3, 0.4) is 0 Å². The van der Waals surface area contributed by atoms with Gasteiger partial charge in [-0.1, -0.05) is 29.3 Å². The lowest BCUT2D eigenvalue weighted by atomic mass is 10.1. The number of esters is 1. The van der Waals surface area contributed by atoms with Crippen molar-refractivity contribution in [2.75, 3.05) is 14.2 Å². The first-order valence-electron chi connectivity index (χ1n) is 6.38. The van der Waals surface area contributed by atoms with E-state index in [1.807, 2.05) is 0 Å². The summed E-state index contributed by atoms with van der Waals surface area (Å²) in [4.78, 5) is 15.3.